The summed E-state index contributed by atoms with van der Waals surface area (Å²) in [5.41, 5.74) is 1.64. The van der Waals surface area contributed by atoms with Gasteiger partial charge in [-0.05, 0) is 24.1 Å². The zero-order chi connectivity index (χ0) is 21.4. The largest absolute Gasteiger partial charge is 0.454 e. The highest BCUT2D eigenvalue weighted by molar-refractivity contribution is 8.00. The fourth-order valence-corrected chi connectivity index (χ4v) is 5.95. The average molecular weight is 456 g/mol. The maximum absolute atomic E-state index is 12.9. The molecular formula is C22H18ClN3O4S. The van der Waals surface area contributed by atoms with Crippen molar-refractivity contribution in [3.05, 3.63) is 71.1 Å². The van der Waals surface area contributed by atoms with Crippen molar-refractivity contribution in [3.8, 4) is 11.5 Å². The molecule has 7 nitrogen and oxygen atoms in total. The van der Waals surface area contributed by atoms with E-state index in [-0.39, 0.29) is 24.3 Å². The monoisotopic (exact) mass is 455 g/mol. The Kier molecular flexibility index (Phi) is 5.19. The Labute approximate surface area is 187 Å². The first-order valence-corrected chi connectivity index (χ1v) is 11.2. The number of carbonyl (C=O) groups is 2. The third-order valence-electron chi connectivity index (χ3n) is 5.53. The number of thioether (sulfide) groups is 1. The zero-order valence-corrected chi connectivity index (χ0v) is 17.9. The molecular weight excluding hydrogens is 438 g/mol. The fraction of sp³-hybridized carbons (Fsp3) is 0.273. The number of esters is 1. The van der Waals surface area contributed by atoms with Gasteiger partial charge in [0.25, 0.3) is 5.89 Å². The van der Waals surface area contributed by atoms with E-state index >= 15 is 0 Å². The van der Waals surface area contributed by atoms with E-state index in [0.29, 0.717) is 29.2 Å². The van der Waals surface area contributed by atoms with Gasteiger partial charge in [-0.3, -0.25) is 4.79 Å². The maximum Gasteiger partial charge on any atom is 0.330 e. The van der Waals surface area contributed by atoms with Gasteiger partial charge in [-0.1, -0.05) is 54.1 Å². The van der Waals surface area contributed by atoms with E-state index in [9.17, 15) is 9.59 Å². The molecule has 3 aromatic rings. The van der Waals surface area contributed by atoms with E-state index < -0.39 is 16.9 Å². The highest BCUT2D eigenvalue weighted by Gasteiger charge is 2.57. The number of halogens is 1. The molecule has 0 bridgehead atoms. The zero-order valence-electron chi connectivity index (χ0n) is 16.4. The van der Waals surface area contributed by atoms with Crippen LogP contribution in [0.25, 0.3) is 11.5 Å². The van der Waals surface area contributed by atoms with Crippen molar-refractivity contribution in [1.29, 1.82) is 0 Å². The molecule has 2 aromatic carbocycles. The first-order chi connectivity index (χ1) is 15.1. The maximum atomic E-state index is 12.9. The molecule has 0 unspecified atom stereocenters. The highest BCUT2D eigenvalue weighted by atomic mass is 35.5. The summed E-state index contributed by atoms with van der Waals surface area (Å²) in [4.78, 5) is 26.7. The molecule has 2 atom stereocenters. The Hall–Kier alpha value is -2.84. The molecule has 0 radical (unpaired) electrons. The smallest absolute Gasteiger partial charge is 0.330 e. The highest BCUT2D eigenvalue weighted by Crippen LogP contribution is 2.54. The molecule has 2 fully saturated rings. The lowest BCUT2D eigenvalue weighted by Crippen LogP contribution is -2.46. The lowest BCUT2D eigenvalue weighted by Gasteiger charge is -2.33. The predicted molar refractivity (Wildman–Crippen MR) is 115 cm³/mol. The summed E-state index contributed by atoms with van der Waals surface area (Å²) in [5, 5.41) is 8.40. The van der Waals surface area contributed by atoms with Gasteiger partial charge in [-0.15, -0.1) is 22.0 Å². The van der Waals surface area contributed by atoms with Crippen LogP contribution in [0.15, 0.2) is 59.0 Å². The van der Waals surface area contributed by atoms with Crippen molar-refractivity contribution in [2.24, 2.45) is 0 Å². The van der Waals surface area contributed by atoms with Gasteiger partial charge in [0, 0.05) is 12.2 Å². The van der Waals surface area contributed by atoms with Crippen LogP contribution in [0, 0.1) is 0 Å². The molecule has 2 saturated heterocycles. The predicted octanol–water partition coefficient (Wildman–Crippen LogP) is 4.02. The molecule has 1 aromatic heterocycles. The standard InChI is InChI=1S/C22H18ClN3O4S/c23-16-9-5-4-8-15(16)20-25-24-18(30-20)12-29-21(28)17-13-31-22(11-10-19(27)26(17)22)14-6-2-1-3-7-14/h1-9,17H,10-13H2/t17-,22-/m1/s1. The Morgan fingerprint density at radius 3 is 2.77 bits per heavy atom. The number of nitrogens with zero attached hydrogens (tertiary/aromatic N) is 3. The minimum Gasteiger partial charge on any atom is -0.454 e. The lowest BCUT2D eigenvalue weighted by atomic mass is 10.0. The second-order valence-corrected chi connectivity index (χ2v) is 9.03. The number of aromatic nitrogens is 2. The van der Waals surface area contributed by atoms with Crippen molar-refractivity contribution in [2.75, 3.05) is 5.75 Å². The van der Waals surface area contributed by atoms with Crippen LogP contribution < -0.4 is 0 Å². The van der Waals surface area contributed by atoms with Gasteiger partial charge in [0.2, 0.25) is 11.8 Å². The summed E-state index contributed by atoms with van der Waals surface area (Å²) in [6.07, 6.45) is 1.09. The van der Waals surface area contributed by atoms with Crippen LogP contribution in [0.5, 0.6) is 0 Å². The molecule has 9 heteroatoms. The molecule has 0 N–H and O–H groups in total. The molecule has 5 rings (SSSR count). The topological polar surface area (TPSA) is 85.5 Å². The van der Waals surface area contributed by atoms with Gasteiger partial charge in [0.05, 0.1) is 10.6 Å². The quantitative estimate of drug-likeness (QED) is 0.537. The molecule has 2 aliphatic heterocycles. The SMILES string of the molecule is O=C(OCc1nnc(-c2ccccc2Cl)o1)[C@H]1CS[C@@]2(c3ccccc3)CCC(=O)N12. The molecule has 0 saturated carbocycles. The number of carbonyl (C=O) groups excluding carboxylic acids is 2. The van der Waals surface area contributed by atoms with Gasteiger partial charge < -0.3 is 14.1 Å². The molecule has 2 aliphatic rings. The second kappa shape index (κ2) is 8.01. The molecule has 3 heterocycles. The summed E-state index contributed by atoms with van der Waals surface area (Å²) in [5.74, 6) is 0.392. The van der Waals surface area contributed by atoms with Crippen molar-refractivity contribution in [3.63, 3.8) is 0 Å². The van der Waals surface area contributed by atoms with Gasteiger partial charge >= 0.3 is 5.97 Å². The van der Waals surface area contributed by atoms with E-state index in [4.69, 9.17) is 20.8 Å². The number of amides is 1. The molecule has 0 aliphatic carbocycles. The van der Waals surface area contributed by atoms with Crippen LogP contribution in [-0.4, -0.2) is 38.8 Å². The number of rotatable bonds is 5. The Morgan fingerprint density at radius 2 is 1.97 bits per heavy atom. The number of hydrogen-bond acceptors (Lipinski definition) is 7. The van der Waals surface area contributed by atoms with Gasteiger partial charge in [-0.2, -0.15) is 0 Å². The first-order valence-electron chi connectivity index (χ1n) is 9.84. The summed E-state index contributed by atoms with van der Waals surface area (Å²) < 4.78 is 11.0. The summed E-state index contributed by atoms with van der Waals surface area (Å²) in [7, 11) is 0. The van der Waals surface area contributed by atoms with Crippen LogP contribution in [0.3, 0.4) is 0 Å². The van der Waals surface area contributed by atoms with Crippen LogP contribution in [0.2, 0.25) is 5.02 Å². The summed E-state index contributed by atoms with van der Waals surface area (Å²) in [6.45, 7) is -0.169. The fourth-order valence-electron chi connectivity index (χ4n) is 4.10. The Balaban J connectivity index is 1.30. The van der Waals surface area contributed by atoms with E-state index in [1.165, 1.54) is 0 Å². The lowest BCUT2D eigenvalue weighted by molar-refractivity contribution is -0.155. The van der Waals surface area contributed by atoms with Crippen molar-refractivity contribution in [2.45, 2.75) is 30.4 Å². The minimum absolute atomic E-state index is 0.0328. The summed E-state index contributed by atoms with van der Waals surface area (Å²) >= 11 is 7.77. The Bertz CT molecular complexity index is 1140. The number of benzene rings is 2. The van der Waals surface area contributed by atoms with Crippen molar-refractivity contribution in [1.82, 2.24) is 15.1 Å². The normalized spacial score (nSPS) is 22.5. The van der Waals surface area contributed by atoms with E-state index in [2.05, 4.69) is 10.2 Å². The van der Waals surface area contributed by atoms with E-state index in [1.807, 2.05) is 36.4 Å². The van der Waals surface area contributed by atoms with Crippen LogP contribution in [0.1, 0.15) is 24.3 Å². The van der Waals surface area contributed by atoms with Crippen molar-refractivity contribution >= 4 is 35.2 Å². The van der Waals surface area contributed by atoms with Gasteiger partial charge in [0.15, 0.2) is 6.61 Å². The van der Waals surface area contributed by atoms with Crippen LogP contribution >= 0.6 is 23.4 Å². The second-order valence-electron chi connectivity index (χ2n) is 7.33. The van der Waals surface area contributed by atoms with Crippen molar-refractivity contribution < 1.29 is 18.7 Å². The first kappa shape index (κ1) is 20.1. The third kappa shape index (κ3) is 3.49. The van der Waals surface area contributed by atoms with Crippen LogP contribution in [0.4, 0.5) is 0 Å². The van der Waals surface area contributed by atoms with Gasteiger partial charge in [-0.25, -0.2) is 4.79 Å². The van der Waals surface area contributed by atoms with Gasteiger partial charge in [0.1, 0.15) is 10.9 Å². The number of ether oxygens (including phenoxy) is 1. The molecule has 1 amide bonds. The van der Waals surface area contributed by atoms with Crippen LogP contribution in [-0.2, 0) is 25.8 Å². The van der Waals surface area contributed by atoms with E-state index in [0.717, 1.165) is 5.56 Å². The molecule has 158 valence electrons. The molecule has 31 heavy (non-hydrogen) atoms. The summed E-state index contributed by atoms with van der Waals surface area (Å²) in [6, 6.07) is 16.3. The Morgan fingerprint density at radius 1 is 1.19 bits per heavy atom. The van der Waals surface area contributed by atoms with E-state index in [1.54, 1.807) is 34.9 Å². The molecule has 0 spiro atoms. The third-order valence-corrected chi connectivity index (χ3v) is 7.46. The number of fused-ring (bicyclic) bond motifs is 1. The average Bonchev–Trinajstić information content (AvgIpc) is 3.50. The minimum atomic E-state index is -0.647. The number of hydrogen-bond donors (Lipinski definition) is 0.